The summed E-state index contributed by atoms with van der Waals surface area (Å²) in [6, 6.07) is 14.7. The van der Waals surface area contributed by atoms with Crippen molar-refractivity contribution < 1.29 is 18.0 Å². The second-order valence-electron chi connectivity index (χ2n) is 8.42. The van der Waals surface area contributed by atoms with E-state index in [9.17, 15) is 18.0 Å². The Balaban J connectivity index is 1.35. The Hall–Kier alpha value is -3.62. The number of nitrogens with one attached hydrogen (secondary N) is 1. The highest BCUT2D eigenvalue weighted by atomic mass is 19.4. The van der Waals surface area contributed by atoms with Crippen molar-refractivity contribution in [2.45, 2.75) is 26.4 Å². The van der Waals surface area contributed by atoms with Gasteiger partial charge in [-0.15, -0.1) is 0 Å². The summed E-state index contributed by atoms with van der Waals surface area (Å²) >= 11 is 0. The number of alkyl halides is 3. The van der Waals surface area contributed by atoms with Gasteiger partial charge in [-0.3, -0.25) is 4.79 Å². The summed E-state index contributed by atoms with van der Waals surface area (Å²) in [7, 11) is 0. The molecule has 178 valence electrons. The van der Waals surface area contributed by atoms with Crippen molar-refractivity contribution in [3.8, 4) is 0 Å². The predicted octanol–water partition coefficient (Wildman–Crippen LogP) is 4.75. The maximum absolute atomic E-state index is 12.7. The summed E-state index contributed by atoms with van der Waals surface area (Å²) in [6.45, 7) is 6.09. The molecule has 34 heavy (non-hydrogen) atoms. The van der Waals surface area contributed by atoms with Gasteiger partial charge in [0.2, 0.25) is 11.9 Å². The van der Waals surface area contributed by atoms with Gasteiger partial charge >= 0.3 is 6.18 Å². The molecule has 6 nitrogen and oxygen atoms in total. The molecule has 1 aromatic heterocycles. The highest BCUT2D eigenvalue weighted by Crippen LogP contribution is 2.29. The molecular weight excluding hydrogens is 443 g/mol. The van der Waals surface area contributed by atoms with Crippen molar-refractivity contribution in [1.29, 1.82) is 0 Å². The van der Waals surface area contributed by atoms with E-state index in [0.29, 0.717) is 43.5 Å². The van der Waals surface area contributed by atoms with Gasteiger partial charge in [0.25, 0.3) is 0 Å². The molecular formula is C25H26F3N5O. The normalized spacial score (nSPS) is 14.3. The summed E-state index contributed by atoms with van der Waals surface area (Å²) in [5.41, 5.74) is 2.80. The lowest BCUT2D eigenvalue weighted by molar-refractivity contribution is -0.137. The van der Waals surface area contributed by atoms with Gasteiger partial charge in [-0.1, -0.05) is 29.8 Å². The SMILES string of the molecule is Cc1ccc(Nc2cc(C)nc(N3CCN(C(=O)Cc4ccc(C(F)(F)F)cc4)CC3)n2)cc1. The van der Waals surface area contributed by atoms with Crippen LogP contribution >= 0.6 is 0 Å². The number of piperazine rings is 1. The monoisotopic (exact) mass is 469 g/mol. The molecule has 1 fully saturated rings. The number of anilines is 3. The third-order valence-corrected chi connectivity index (χ3v) is 5.72. The molecule has 3 aromatic rings. The number of aromatic nitrogens is 2. The average molecular weight is 470 g/mol. The van der Waals surface area contributed by atoms with Crippen LogP contribution in [0.15, 0.2) is 54.6 Å². The molecule has 0 saturated carbocycles. The van der Waals surface area contributed by atoms with Crippen LogP contribution in [0.3, 0.4) is 0 Å². The van der Waals surface area contributed by atoms with Crippen molar-refractivity contribution >= 4 is 23.4 Å². The Bertz CT molecular complexity index is 1140. The molecule has 0 spiro atoms. The van der Waals surface area contributed by atoms with Crippen molar-refractivity contribution in [3.05, 3.63) is 77.0 Å². The topological polar surface area (TPSA) is 61.4 Å². The summed E-state index contributed by atoms with van der Waals surface area (Å²) in [4.78, 5) is 25.6. The minimum absolute atomic E-state index is 0.0731. The van der Waals surface area contributed by atoms with Crippen LogP contribution in [0.2, 0.25) is 0 Å². The molecule has 0 atom stereocenters. The van der Waals surface area contributed by atoms with Crippen molar-refractivity contribution in [3.63, 3.8) is 0 Å². The van der Waals surface area contributed by atoms with Crippen molar-refractivity contribution in [2.24, 2.45) is 0 Å². The largest absolute Gasteiger partial charge is 0.416 e. The fourth-order valence-corrected chi connectivity index (χ4v) is 3.80. The van der Waals surface area contributed by atoms with Crippen LogP contribution in [-0.2, 0) is 17.4 Å². The Morgan fingerprint density at radius 2 is 1.59 bits per heavy atom. The zero-order valence-corrected chi connectivity index (χ0v) is 19.1. The Kier molecular flexibility index (Phi) is 6.72. The molecule has 1 aliphatic heterocycles. The number of aryl methyl sites for hydroxylation is 2. The molecule has 9 heteroatoms. The zero-order chi connectivity index (χ0) is 24.3. The molecule has 1 saturated heterocycles. The van der Waals surface area contributed by atoms with Gasteiger partial charge in [0.05, 0.1) is 12.0 Å². The van der Waals surface area contributed by atoms with Gasteiger partial charge < -0.3 is 15.1 Å². The minimum Gasteiger partial charge on any atom is -0.340 e. The highest BCUT2D eigenvalue weighted by Gasteiger charge is 2.30. The van der Waals surface area contributed by atoms with E-state index >= 15 is 0 Å². The quantitative estimate of drug-likeness (QED) is 0.585. The number of amides is 1. The van der Waals surface area contributed by atoms with Gasteiger partial charge in [0, 0.05) is 43.6 Å². The van der Waals surface area contributed by atoms with Crippen molar-refractivity contribution in [1.82, 2.24) is 14.9 Å². The first kappa shape index (κ1) is 23.5. The Morgan fingerprint density at radius 3 is 2.21 bits per heavy atom. The number of halogens is 3. The molecule has 1 amide bonds. The maximum Gasteiger partial charge on any atom is 0.416 e. The molecule has 0 bridgehead atoms. The minimum atomic E-state index is -4.38. The summed E-state index contributed by atoms with van der Waals surface area (Å²) in [5, 5.41) is 3.31. The number of hydrogen-bond donors (Lipinski definition) is 1. The highest BCUT2D eigenvalue weighted by molar-refractivity contribution is 5.79. The van der Waals surface area contributed by atoms with E-state index in [1.54, 1.807) is 4.90 Å². The summed E-state index contributed by atoms with van der Waals surface area (Å²) < 4.78 is 38.2. The van der Waals surface area contributed by atoms with Crippen LogP contribution in [-0.4, -0.2) is 47.0 Å². The number of benzene rings is 2. The Labute approximate surface area is 196 Å². The molecule has 0 aliphatic carbocycles. The lowest BCUT2D eigenvalue weighted by atomic mass is 10.1. The van der Waals surface area contributed by atoms with E-state index in [1.165, 1.54) is 17.7 Å². The molecule has 4 rings (SSSR count). The van der Waals surface area contributed by atoms with E-state index in [1.807, 2.05) is 49.1 Å². The van der Waals surface area contributed by atoms with Crippen LogP contribution in [0.25, 0.3) is 0 Å². The maximum atomic E-state index is 12.7. The second-order valence-corrected chi connectivity index (χ2v) is 8.42. The van der Waals surface area contributed by atoms with E-state index in [-0.39, 0.29) is 12.3 Å². The van der Waals surface area contributed by atoms with Crippen LogP contribution in [0, 0.1) is 13.8 Å². The van der Waals surface area contributed by atoms with Gasteiger partial charge in [-0.2, -0.15) is 18.2 Å². The lowest BCUT2D eigenvalue weighted by Gasteiger charge is -2.35. The third kappa shape index (κ3) is 5.84. The Morgan fingerprint density at radius 1 is 0.941 bits per heavy atom. The van der Waals surface area contributed by atoms with Gasteiger partial charge in [0.15, 0.2) is 0 Å². The van der Waals surface area contributed by atoms with Gasteiger partial charge in [0.1, 0.15) is 5.82 Å². The van der Waals surface area contributed by atoms with Crippen LogP contribution in [0.4, 0.5) is 30.6 Å². The van der Waals surface area contributed by atoms with Gasteiger partial charge in [-0.05, 0) is 43.7 Å². The third-order valence-electron chi connectivity index (χ3n) is 5.72. The standard InChI is InChI=1S/C25H26F3N5O/c1-17-3-9-21(10-4-17)30-22-15-18(2)29-24(31-22)33-13-11-32(12-14-33)23(34)16-19-5-7-20(8-6-19)25(26,27)28/h3-10,15H,11-14,16H2,1-2H3,(H,29,30,31). The summed E-state index contributed by atoms with van der Waals surface area (Å²) in [5.74, 6) is 1.20. The predicted molar refractivity (Wildman–Crippen MR) is 125 cm³/mol. The smallest absolute Gasteiger partial charge is 0.340 e. The molecule has 0 radical (unpaired) electrons. The first-order valence-corrected chi connectivity index (χ1v) is 11.1. The second kappa shape index (κ2) is 9.70. The zero-order valence-electron chi connectivity index (χ0n) is 19.1. The van der Waals surface area contributed by atoms with Crippen LogP contribution in [0.1, 0.15) is 22.4 Å². The number of carbonyl (C=O) groups excluding carboxylic acids is 1. The molecule has 1 N–H and O–H groups in total. The van der Waals surface area contributed by atoms with Gasteiger partial charge in [-0.25, -0.2) is 4.98 Å². The number of hydrogen-bond acceptors (Lipinski definition) is 5. The van der Waals surface area contributed by atoms with E-state index in [2.05, 4.69) is 15.3 Å². The van der Waals surface area contributed by atoms with Crippen LogP contribution < -0.4 is 10.2 Å². The molecule has 1 aliphatic rings. The number of rotatable bonds is 5. The van der Waals surface area contributed by atoms with E-state index < -0.39 is 11.7 Å². The number of carbonyl (C=O) groups is 1. The molecule has 2 heterocycles. The number of nitrogens with zero attached hydrogens (tertiary/aromatic N) is 4. The fourth-order valence-electron chi connectivity index (χ4n) is 3.80. The molecule has 0 unspecified atom stereocenters. The molecule has 2 aromatic carbocycles. The van der Waals surface area contributed by atoms with Crippen molar-refractivity contribution in [2.75, 3.05) is 36.4 Å². The lowest BCUT2D eigenvalue weighted by Crippen LogP contribution is -2.49. The first-order valence-electron chi connectivity index (χ1n) is 11.1. The first-order chi connectivity index (χ1) is 16.2. The van der Waals surface area contributed by atoms with Crippen LogP contribution in [0.5, 0.6) is 0 Å². The summed E-state index contributed by atoms with van der Waals surface area (Å²) in [6.07, 6.45) is -4.31. The fraction of sp³-hybridized carbons (Fsp3) is 0.320. The van der Waals surface area contributed by atoms with E-state index in [0.717, 1.165) is 23.5 Å². The average Bonchev–Trinajstić information content (AvgIpc) is 2.80. The van der Waals surface area contributed by atoms with E-state index in [4.69, 9.17) is 0 Å².